The van der Waals surface area contributed by atoms with Gasteiger partial charge in [-0.3, -0.25) is 0 Å². The summed E-state index contributed by atoms with van der Waals surface area (Å²) in [4.78, 5) is 8.35. The summed E-state index contributed by atoms with van der Waals surface area (Å²) >= 11 is 3.23. The highest BCUT2D eigenvalue weighted by atomic mass is 79.9. The highest BCUT2D eigenvalue weighted by molar-refractivity contribution is 9.10. The molecule has 15 heavy (non-hydrogen) atoms. The minimum Gasteiger partial charge on any atom is -0.497 e. The number of nitrogens with zero attached hydrogens (tertiary/aromatic N) is 2. The van der Waals surface area contributed by atoms with E-state index in [1.54, 1.807) is 14.2 Å². The quantitative estimate of drug-likeness (QED) is 0.785. The Labute approximate surface area is 95.4 Å². The van der Waals surface area contributed by atoms with Gasteiger partial charge in [-0.05, 0) is 34.1 Å². The molecular weight excluding hydrogens is 260 g/mol. The predicted molar refractivity (Wildman–Crippen MR) is 60.3 cm³/mol. The normalized spacial score (nSPS) is 10.3. The maximum atomic E-state index is 5.17. The van der Waals surface area contributed by atoms with Gasteiger partial charge in [-0.25, -0.2) is 4.98 Å². The number of aromatic nitrogens is 2. The molecule has 0 aliphatic rings. The summed E-state index contributed by atoms with van der Waals surface area (Å²) in [5, 5.41) is 0.833. The zero-order valence-corrected chi connectivity index (χ0v) is 9.91. The van der Waals surface area contributed by atoms with Gasteiger partial charge in [0.1, 0.15) is 5.75 Å². The van der Waals surface area contributed by atoms with Crippen molar-refractivity contribution in [2.24, 2.45) is 0 Å². The van der Waals surface area contributed by atoms with Crippen molar-refractivity contribution in [2.75, 3.05) is 14.2 Å². The molecule has 0 atom stereocenters. The summed E-state index contributed by atoms with van der Waals surface area (Å²) in [6.45, 7) is 0. The Balaban J connectivity index is 2.73. The van der Waals surface area contributed by atoms with E-state index in [9.17, 15) is 0 Å². The van der Waals surface area contributed by atoms with Gasteiger partial charge in [-0.1, -0.05) is 0 Å². The fourth-order valence-corrected chi connectivity index (χ4v) is 1.69. The van der Waals surface area contributed by atoms with Gasteiger partial charge in [-0.2, -0.15) is 4.98 Å². The molecule has 0 aliphatic heterocycles. The lowest BCUT2D eigenvalue weighted by Crippen LogP contribution is -1.93. The van der Waals surface area contributed by atoms with Gasteiger partial charge in [0.25, 0.3) is 0 Å². The van der Waals surface area contributed by atoms with Crippen LogP contribution in [0.25, 0.3) is 10.9 Å². The second-order valence-corrected chi connectivity index (χ2v) is 3.59. The lowest BCUT2D eigenvalue weighted by Gasteiger charge is -2.06. The van der Waals surface area contributed by atoms with Crippen LogP contribution in [0.2, 0.25) is 0 Å². The zero-order chi connectivity index (χ0) is 10.8. The van der Waals surface area contributed by atoms with Crippen LogP contribution in [0.5, 0.6) is 11.6 Å². The second kappa shape index (κ2) is 4.02. The van der Waals surface area contributed by atoms with Crippen molar-refractivity contribution in [3.8, 4) is 11.6 Å². The van der Waals surface area contributed by atoms with Crippen LogP contribution in [-0.2, 0) is 0 Å². The highest BCUT2D eigenvalue weighted by Gasteiger charge is 2.07. The minimum absolute atomic E-state index is 0.511. The van der Waals surface area contributed by atoms with Crippen LogP contribution in [0.3, 0.4) is 0 Å². The first-order chi connectivity index (χ1) is 7.24. The molecule has 0 amide bonds. The maximum absolute atomic E-state index is 5.17. The molecule has 2 rings (SSSR count). The number of halogens is 1. The molecule has 78 valence electrons. The average Bonchev–Trinajstić information content (AvgIpc) is 2.27. The molecule has 0 unspecified atom stereocenters. The number of rotatable bonds is 2. The molecule has 1 aromatic heterocycles. The van der Waals surface area contributed by atoms with Crippen molar-refractivity contribution in [3.05, 3.63) is 22.9 Å². The molecule has 0 saturated carbocycles. The summed E-state index contributed by atoms with van der Waals surface area (Å²) in [5.41, 5.74) is 0.814. The molecule has 0 spiro atoms. The van der Waals surface area contributed by atoms with Gasteiger partial charge in [0.2, 0.25) is 10.6 Å². The van der Waals surface area contributed by atoms with E-state index in [2.05, 4.69) is 25.9 Å². The number of methoxy groups -OCH3 is 2. The number of fused-ring (bicyclic) bond motifs is 1. The fourth-order valence-electron chi connectivity index (χ4n) is 1.33. The monoisotopic (exact) mass is 268 g/mol. The molecule has 2 aromatic rings. The standard InChI is InChI=1S/C10H9BrN2O2/c1-14-6-3-4-8-7(5-6)9(15-2)13-10(11)12-8/h3-5H,1-2H3. The third-order valence-electron chi connectivity index (χ3n) is 2.03. The number of ether oxygens (including phenoxy) is 2. The lowest BCUT2D eigenvalue weighted by atomic mass is 10.2. The summed E-state index contributed by atoms with van der Waals surface area (Å²) in [5.74, 6) is 1.29. The van der Waals surface area contributed by atoms with Gasteiger partial charge in [-0.15, -0.1) is 0 Å². The summed E-state index contributed by atoms with van der Waals surface area (Å²) in [6.07, 6.45) is 0. The number of benzene rings is 1. The van der Waals surface area contributed by atoms with E-state index in [0.29, 0.717) is 10.6 Å². The smallest absolute Gasteiger partial charge is 0.225 e. The van der Waals surface area contributed by atoms with E-state index in [-0.39, 0.29) is 0 Å². The van der Waals surface area contributed by atoms with Crippen molar-refractivity contribution in [1.29, 1.82) is 0 Å². The third kappa shape index (κ3) is 1.87. The third-order valence-corrected chi connectivity index (χ3v) is 2.39. The highest BCUT2D eigenvalue weighted by Crippen LogP contribution is 2.27. The SMILES string of the molecule is COc1ccc2nc(Br)nc(OC)c2c1. The van der Waals surface area contributed by atoms with E-state index in [4.69, 9.17) is 9.47 Å². The van der Waals surface area contributed by atoms with Crippen LogP contribution in [0.15, 0.2) is 22.9 Å². The number of hydrogen-bond acceptors (Lipinski definition) is 4. The second-order valence-electron chi connectivity index (χ2n) is 2.88. The van der Waals surface area contributed by atoms with Crippen molar-refractivity contribution in [2.45, 2.75) is 0 Å². The van der Waals surface area contributed by atoms with Gasteiger partial charge < -0.3 is 9.47 Å². The predicted octanol–water partition coefficient (Wildman–Crippen LogP) is 2.41. The Hall–Kier alpha value is -1.36. The van der Waals surface area contributed by atoms with E-state index in [1.165, 1.54) is 0 Å². The lowest BCUT2D eigenvalue weighted by molar-refractivity contribution is 0.400. The molecule has 0 fully saturated rings. The van der Waals surface area contributed by atoms with Gasteiger partial charge in [0.15, 0.2) is 0 Å². The Kier molecular flexibility index (Phi) is 2.73. The Bertz CT molecular complexity index is 502. The van der Waals surface area contributed by atoms with Crippen LogP contribution in [-0.4, -0.2) is 24.2 Å². The van der Waals surface area contributed by atoms with E-state index < -0.39 is 0 Å². The van der Waals surface area contributed by atoms with Crippen LogP contribution in [0.4, 0.5) is 0 Å². The molecule has 0 aliphatic carbocycles. The van der Waals surface area contributed by atoms with E-state index in [0.717, 1.165) is 16.7 Å². The van der Waals surface area contributed by atoms with E-state index >= 15 is 0 Å². The molecule has 1 heterocycles. The first-order valence-corrected chi connectivity index (χ1v) is 5.09. The molecule has 0 saturated heterocycles. The zero-order valence-electron chi connectivity index (χ0n) is 8.32. The van der Waals surface area contributed by atoms with Crippen molar-refractivity contribution in [1.82, 2.24) is 9.97 Å². The molecular formula is C10H9BrN2O2. The Morgan fingerprint density at radius 3 is 2.60 bits per heavy atom. The minimum atomic E-state index is 0.511. The topological polar surface area (TPSA) is 44.2 Å². The molecule has 5 heteroatoms. The number of hydrogen-bond donors (Lipinski definition) is 0. The molecule has 4 nitrogen and oxygen atoms in total. The molecule has 0 N–H and O–H groups in total. The first kappa shape index (κ1) is 10.2. The summed E-state index contributed by atoms with van der Waals surface area (Å²) in [7, 11) is 3.20. The summed E-state index contributed by atoms with van der Waals surface area (Å²) in [6, 6.07) is 5.56. The molecule has 0 bridgehead atoms. The van der Waals surface area contributed by atoms with Crippen LogP contribution < -0.4 is 9.47 Å². The summed E-state index contributed by atoms with van der Waals surface area (Å²) < 4.78 is 10.8. The molecule has 1 aromatic carbocycles. The van der Waals surface area contributed by atoms with Crippen LogP contribution >= 0.6 is 15.9 Å². The first-order valence-electron chi connectivity index (χ1n) is 4.30. The van der Waals surface area contributed by atoms with Crippen LogP contribution in [0, 0.1) is 0 Å². The van der Waals surface area contributed by atoms with Gasteiger partial charge in [0.05, 0.1) is 25.1 Å². The van der Waals surface area contributed by atoms with Crippen molar-refractivity contribution in [3.63, 3.8) is 0 Å². The van der Waals surface area contributed by atoms with Gasteiger partial charge >= 0.3 is 0 Å². The van der Waals surface area contributed by atoms with E-state index in [1.807, 2.05) is 18.2 Å². The maximum Gasteiger partial charge on any atom is 0.225 e. The average molecular weight is 269 g/mol. The molecule has 0 radical (unpaired) electrons. The fraction of sp³-hybridized carbons (Fsp3) is 0.200. The largest absolute Gasteiger partial charge is 0.497 e. The van der Waals surface area contributed by atoms with Crippen molar-refractivity contribution < 1.29 is 9.47 Å². The van der Waals surface area contributed by atoms with Crippen molar-refractivity contribution >= 4 is 26.8 Å². The Morgan fingerprint density at radius 1 is 1.13 bits per heavy atom. The van der Waals surface area contributed by atoms with Gasteiger partial charge in [0, 0.05) is 0 Å². The Morgan fingerprint density at radius 2 is 1.93 bits per heavy atom. The van der Waals surface area contributed by atoms with Crippen LogP contribution in [0.1, 0.15) is 0 Å².